The van der Waals surface area contributed by atoms with Crippen LogP contribution in [0.2, 0.25) is 39.3 Å². The van der Waals surface area contributed by atoms with Gasteiger partial charge in [0.2, 0.25) is 0 Å². The monoisotopic (exact) mass is 257 g/mol. The van der Waals surface area contributed by atoms with Gasteiger partial charge in [-0.15, -0.1) is 5.56 Å². The van der Waals surface area contributed by atoms with Crippen LogP contribution >= 0.6 is 0 Å². The standard InChI is InChI=1S/C13H24NSi2.Li/c1-15(2,3)14(16(4,5)6)12-13-10-8-7-9-11-13;/h8-11H,12H2,1-6H3;/q-1;+1. The molecule has 0 spiro atoms. The number of hydrogen-bond acceptors (Lipinski definition) is 1. The van der Waals surface area contributed by atoms with Gasteiger partial charge in [-0.05, 0) is 6.54 Å². The van der Waals surface area contributed by atoms with Gasteiger partial charge in [-0.3, -0.25) is 0 Å². The first-order valence-electron chi connectivity index (χ1n) is 5.94. The van der Waals surface area contributed by atoms with Crippen LogP contribution in [0, 0.1) is 6.07 Å². The minimum absolute atomic E-state index is 0. The first kappa shape index (κ1) is 17.2. The Balaban J connectivity index is 0.00000256. The smallest absolute Gasteiger partial charge is 0.344 e. The molecule has 90 valence electrons. The molecule has 0 radical (unpaired) electrons. The van der Waals surface area contributed by atoms with E-state index in [1.807, 2.05) is 12.1 Å². The Bertz CT molecular complexity index is 314. The van der Waals surface area contributed by atoms with E-state index in [4.69, 9.17) is 0 Å². The van der Waals surface area contributed by atoms with Crippen molar-refractivity contribution in [3.8, 4) is 0 Å². The van der Waals surface area contributed by atoms with Crippen LogP contribution in [0.1, 0.15) is 5.56 Å². The number of rotatable bonds is 4. The molecule has 1 rings (SSSR count). The molecule has 0 atom stereocenters. The van der Waals surface area contributed by atoms with Crippen molar-refractivity contribution in [2.75, 3.05) is 0 Å². The van der Waals surface area contributed by atoms with E-state index in [1.54, 1.807) is 0 Å². The Kier molecular flexibility index (Phi) is 6.48. The molecule has 0 aliphatic carbocycles. The van der Waals surface area contributed by atoms with Crippen molar-refractivity contribution in [3.63, 3.8) is 0 Å². The van der Waals surface area contributed by atoms with Crippen molar-refractivity contribution in [2.45, 2.75) is 45.8 Å². The maximum absolute atomic E-state index is 3.09. The third kappa shape index (κ3) is 5.59. The first-order chi connectivity index (χ1) is 7.21. The molecule has 0 saturated heterocycles. The zero-order valence-corrected chi connectivity index (χ0v) is 14.5. The van der Waals surface area contributed by atoms with E-state index in [-0.39, 0.29) is 18.9 Å². The fourth-order valence-corrected chi connectivity index (χ4v) is 11.6. The van der Waals surface area contributed by atoms with Crippen LogP contribution in [0.5, 0.6) is 0 Å². The normalized spacial score (nSPS) is 12.4. The summed E-state index contributed by atoms with van der Waals surface area (Å²) in [5, 5.41) is 0. The fourth-order valence-electron chi connectivity index (χ4n) is 2.19. The van der Waals surface area contributed by atoms with Gasteiger partial charge in [-0.2, -0.15) is 30.3 Å². The average Bonchev–Trinajstić information content (AvgIpc) is 2.12. The maximum Gasteiger partial charge on any atom is 1.00 e. The molecule has 0 bridgehead atoms. The Labute approximate surface area is 121 Å². The summed E-state index contributed by atoms with van der Waals surface area (Å²) < 4.78 is 2.80. The van der Waals surface area contributed by atoms with Gasteiger partial charge >= 0.3 is 18.9 Å². The molecule has 4 heteroatoms. The molecule has 0 amide bonds. The fraction of sp³-hybridized carbons (Fsp3) is 0.538. The Hall–Kier alpha value is 0.211. The summed E-state index contributed by atoms with van der Waals surface area (Å²) in [6, 6.07) is 11.5. The molecule has 0 fully saturated rings. The van der Waals surface area contributed by atoms with Crippen molar-refractivity contribution in [1.29, 1.82) is 0 Å². The van der Waals surface area contributed by atoms with Gasteiger partial charge in [-0.25, -0.2) is 0 Å². The van der Waals surface area contributed by atoms with E-state index in [9.17, 15) is 0 Å². The Morgan fingerprint density at radius 1 is 0.941 bits per heavy atom. The average molecular weight is 257 g/mol. The van der Waals surface area contributed by atoms with E-state index < -0.39 is 16.5 Å². The van der Waals surface area contributed by atoms with E-state index in [0.717, 1.165) is 6.54 Å². The van der Waals surface area contributed by atoms with Gasteiger partial charge < -0.3 is 4.23 Å². The summed E-state index contributed by atoms with van der Waals surface area (Å²) in [6.07, 6.45) is 0. The van der Waals surface area contributed by atoms with Crippen LogP contribution < -0.4 is 18.9 Å². The molecule has 0 N–H and O–H groups in total. The summed E-state index contributed by atoms with van der Waals surface area (Å²) in [5.74, 6) is 0. The third-order valence-corrected chi connectivity index (χ3v) is 10.3. The van der Waals surface area contributed by atoms with E-state index in [2.05, 4.69) is 61.7 Å². The second-order valence-electron chi connectivity index (χ2n) is 6.34. The van der Waals surface area contributed by atoms with Crippen molar-refractivity contribution < 1.29 is 18.9 Å². The van der Waals surface area contributed by atoms with E-state index in [1.165, 1.54) is 5.56 Å². The van der Waals surface area contributed by atoms with Crippen LogP contribution in [0.15, 0.2) is 24.3 Å². The molecule has 1 aromatic rings. The van der Waals surface area contributed by atoms with Crippen molar-refractivity contribution in [3.05, 3.63) is 35.9 Å². The van der Waals surface area contributed by atoms with Crippen LogP contribution in [-0.4, -0.2) is 20.7 Å². The molecule has 0 aromatic heterocycles. The molecule has 0 heterocycles. The van der Waals surface area contributed by atoms with Crippen LogP contribution in [0.25, 0.3) is 0 Å². The minimum Gasteiger partial charge on any atom is -0.344 e. The molecular weight excluding hydrogens is 233 g/mol. The number of hydrogen-bond donors (Lipinski definition) is 0. The quantitative estimate of drug-likeness (QED) is 0.574. The topological polar surface area (TPSA) is 3.24 Å². The van der Waals surface area contributed by atoms with Crippen molar-refractivity contribution in [1.82, 2.24) is 4.23 Å². The summed E-state index contributed by atoms with van der Waals surface area (Å²) in [5.41, 5.74) is 1.42. The summed E-state index contributed by atoms with van der Waals surface area (Å²) >= 11 is 0. The second kappa shape index (κ2) is 6.40. The van der Waals surface area contributed by atoms with Crippen molar-refractivity contribution >= 4 is 16.5 Å². The molecule has 0 aliphatic heterocycles. The van der Waals surface area contributed by atoms with Gasteiger partial charge in [0, 0.05) is 0 Å². The number of nitrogens with zero attached hydrogens (tertiary/aromatic N) is 1. The Morgan fingerprint density at radius 2 is 1.35 bits per heavy atom. The molecule has 17 heavy (non-hydrogen) atoms. The van der Waals surface area contributed by atoms with E-state index >= 15 is 0 Å². The molecule has 0 unspecified atom stereocenters. The van der Waals surface area contributed by atoms with Gasteiger partial charge in [0.25, 0.3) is 0 Å². The second-order valence-corrected chi connectivity index (χ2v) is 16.5. The van der Waals surface area contributed by atoms with Gasteiger partial charge in [0.15, 0.2) is 0 Å². The molecular formula is C13H24LiNSi2. The maximum atomic E-state index is 3.09. The Morgan fingerprint density at radius 3 is 1.71 bits per heavy atom. The van der Waals surface area contributed by atoms with Crippen molar-refractivity contribution in [2.24, 2.45) is 0 Å². The molecule has 0 aliphatic rings. The molecule has 1 nitrogen and oxygen atoms in total. The van der Waals surface area contributed by atoms with Gasteiger partial charge in [0.1, 0.15) is 16.5 Å². The SMILES string of the molecule is C[Si](C)(C)N(Cc1cc[c-]cc1)[Si](C)(C)C.[Li+]. The first-order valence-corrected chi connectivity index (χ1v) is 12.8. The van der Waals surface area contributed by atoms with Gasteiger partial charge in [0.05, 0.1) is 0 Å². The molecule has 1 aromatic carbocycles. The van der Waals surface area contributed by atoms with Crippen LogP contribution in [-0.2, 0) is 6.54 Å². The summed E-state index contributed by atoms with van der Waals surface area (Å²) in [7, 11) is -2.44. The third-order valence-electron chi connectivity index (χ3n) is 2.75. The predicted molar refractivity (Wildman–Crippen MR) is 77.5 cm³/mol. The number of benzene rings is 1. The van der Waals surface area contributed by atoms with Gasteiger partial charge in [-0.1, -0.05) is 39.3 Å². The summed E-state index contributed by atoms with van der Waals surface area (Å²) in [6.45, 7) is 15.8. The minimum atomic E-state index is -1.22. The largest absolute Gasteiger partial charge is 1.00 e. The zero-order chi connectivity index (χ0) is 12.4. The molecule has 0 saturated carbocycles. The predicted octanol–water partition coefficient (Wildman–Crippen LogP) is 0.963. The van der Waals surface area contributed by atoms with Crippen LogP contribution in [0.3, 0.4) is 0 Å². The van der Waals surface area contributed by atoms with Crippen LogP contribution in [0.4, 0.5) is 0 Å². The zero-order valence-electron chi connectivity index (χ0n) is 12.5. The van der Waals surface area contributed by atoms with E-state index in [0.29, 0.717) is 0 Å². The summed E-state index contributed by atoms with van der Waals surface area (Å²) in [4.78, 5) is 0.